The molecule has 8 nitrogen and oxygen atoms in total. The van der Waals surface area contributed by atoms with Crippen LogP contribution in [-0.4, -0.2) is 44.5 Å². The summed E-state index contributed by atoms with van der Waals surface area (Å²) in [6, 6.07) is 11.9. The quantitative estimate of drug-likeness (QED) is 0.456. The number of amides is 1. The average Bonchev–Trinajstić information content (AvgIpc) is 3.38. The summed E-state index contributed by atoms with van der Waals surface area (Å²) in [5.41, 5.74) is 1.86. The Morgan fingerprint density at radius 2 is 1.97 bits per heavy atom. The van der Waals surface area contributed by atoms with Crippen molar-refractivity contribution in [2.75, 3.05) is 6.54 Å². The second-order valence-electron chi connectivity index (χ2n) is 7.38. The Labute approximate surface area is 186 Å². The summed E-state index contributed by atoms with van der Waals surface area (Å²) in [6.45, 7) is 0.279. The lowest BCUT2D eigenvalue weighted by molar-refractivity contribution is -0.122. The van der Waals surface area contributed by atoms with E-state index in [2.05, 4.69) is 13.7 Å². The van der Waals surface area contributed by atoms with Crippen molar-refractivity contribution in [3.63, 3.8) is 0 Å². The molecule has 0 saturated carbocycles. The molecule has 1 amide bonds. The minimum absolute atomic E-state index is 0.0888. The lowest BCUT2D eigenvalue weighted by Gasteiger charge is -2.32. The largest absolute Gasteiger partial charge is 0.319 e. The Bertz CT molecular complexity index is 1470. The first-order valence-corrected chi connectivity index (χ1v) is 12.8. The molecule has 1 saturated heterocycles. The van der Waals surface area contributed by atoms with Gasteiger partial charge in [0.2, 0.25) is 10.0 Å². The monoisotopic (exact) mass is 473 g/mol. The zero-order valence-electron chi connectivity index (χ0n) is 16.6. The fourth-order valence-corrected chi connectivity index (χ4v) is 7.34. The third-order valence-corrected chi connectivity index (χ3v) is 9.09. The third-order valence-electron chi connectivity index (χ3n) is 5.49. The Morgan fingerprint density at radius 1 is 1.13 bits per heavy atom. The van der Waals surface area contributed by atoms with Crippen LogP contribution in [0.1, 0.15) is 19.3 Å². The molecule has 3 heterocycles. The Kier molecular flexibility index (Phi) is 5.21. The third kappa shape index (κ3) is 3.51. The molecule has 0 radical (unpaired) electrons. The van der Waals surface area contributed by atoms with Crippen LogP contribution in [0.3, 0.4) is 0 Å². The normalized spacial score (nSPS) is 18.7. The van der Waals surface area contributed by atoms with Crippen molar-refractivity contribution in [1.29, 1.82) is 0 Å². The standard InChI is InChI=1S/C20H19N5O3S3/c1-24-14-8-2-3-10-16(14)29-20(24)21-19(26)15-9-4-5-12-25(15)31(27,28)17-11-6-7-13-18(17)23-30-22-13/h2-3,6-8,10-11,15H,4-5,9,12H2,1H3/t15-/m0/s1. The van der Waals surface area contributed by atoms with Gasteiger partial charge in [-0.05, 0) is 37.1 Å². The molecule has 160 valence electrons. The van der Waals surface area contributed by atoms with E-state index >= 15 is 0 Å². The first-order valence-electron chi connectivity index (χ1n) is 9.83. The minimum Gasteiger partial charge on any atom is -0.319 e. The van der Waals surface area contributed by atoms with Gasteiger partial charge < -0.3 is 4.57 Å². The number of aryl methyl sites for hydroxylation is 1. The first-order chi connectivity index (χ1) is 15.0. The van der Waals surface area contributed by atoms with Crippen molar-refractivity contribution < 1.29 is 13.2 Å². The number of thiazole rings is 1. The van der Waals surface area contributed by atoms with Crippen LogP contribution in [0.4, 0.5) is 0 Å². The second-order valence-corrected chi connectivity index (χ2v) is 10.8. The van der Waals surface area contributed by atoms with Gasteiger partial charge in [-0.3, -0.25) is 4.79 Å². The SMILES string of the molecule is Cn1c(=NC(=O)[C@@H]2CCCCN2S(=O)(=O)c2cccc3nsnc23)sc2ccccc21. The number of benzene rings is 2. The van der Waals surface area contributed by atoms with Crippen LogP contribution >= 0.6 is 23.1 Å². The van der Waals surface area contributed by atoms with E-state index in [0.29, 0.717) is 28.7 Å². The van der Waals surface area contributed by atoms with Crippen molar-refractivity contribution in [2.24, 2.45) is 12.0 Å². The molecular weight excluding hydrogens is 454 g/mol. The number of sulfonamides is 1. The highest BCUT2D eigenvalue weighted by Crippen LogP contribution is 2.30. The van der Waals surface area contributed by atoms with E-state index < -0.39 is 22.0 Å². The van der Waals surface area contributed by atoms with E-state index in [-0.39, 0.29) is 11.4 Å². The zero-order valence-corrected chi connectivity index (χ0v) is 19.1. The molecular formula is C20H19N5O3S3. The zero-order chi connectivity index (χ0) is 21.6. The maximum atomic E-state index is 13.5. The summed E-state index contributed by atoms with van der Waals surface area (Å²) in [4.78, 5) is 18.2. The van der Waals surface area contributed by atoms with E-state index in [1.54, 1.807) is 12.1 Å². The maximum absolute atomic E-state index is 13.5. The summed E-state index contributed by atoms with van der Waals surface area (Å²) in [6.07, 6.45) is 1.92. The fraction of sp³-hybridized carbons (Fsp3) is 0.300. The topological polar surface area (TPSA) is 97.5 Å². The van der Waals surface area contributed by atoms with Gasteiger partial charge in [-0.1, -0.05) is 36.0 Å². The van der Waals surface area contributed by atoms with Gasteiger partial charge in [0.15, 0.2) is 4.80 Å². The Balaban J connectivity index is 1.55. The molecule has 2 aromatic heterocycles. The summed E-state index contributed by atoms with van der Waals surface area (Å²) >= 11 is 2.39. The molecule has 1 aliphatic rings. The van der Waals surface area contributed by atoms with Gasteiger partial charge in [-0.25, -0.2) is 8.42 Å². The molecule has 0 unspecified atom stereocenters. The van der Waals surface area contributed by atoms with Crippen molar-refractivity contribution in [1.82, 2.24) is 17.6 Å². The number of para-hydroxylation sites is 1. The van der Waals surface area contributed by atoms with Crippen LogP contribution in [0.2, 0.25) is 0 Å². The maximum Gasteiger partial charge on any atom is 0.266 e. The van der Waals surface area contributed by atoms with Gasteiger partial charge in [-0.2, -0.15) is 18.0 Å². The smallest absolute Gasteiger partial charge is 0.266 e. The van der Waals surface area contributed by atoms with Crippen molar-refractivity contribution in [3.8, 4) is 0 Å². The minimum atomic E-state index is -3.93. The summed E-state index contributed by atoms with van der Waals surface area (Å²) in [5, 5.41) is 0. The molecule has 5 rings (SSSR count). The fourth-order valence-electron chi connectivity index (χ4n) is 3.91. The summed E-state index contributed by atoms with van der Waals surface area (Å²) in [7, 11) is -2.07. The van der Waals surface area contributed by atoms with E-state index in [1.165, 1.54) is 21.7 Å². The number of carbonyl (C=O) groups is 1. The van der Waals surface area contributed by atoms with E-state index in [0.717, 1.165) is 28.4 Å². The van der Waals surface area contributed by atoms with Crippen LogP contribution in [0.5, 0.6) is 0 Å². The number of hydrogen-bond donors (Lipinski definition) is 0. The van der Waals surface area contributed by atoms with Crippen LogP contribution < -0.4 is 4.80 Å². The molecule has 0 spiro atoms. The van der Waals surface area contributed by atoms with Gasteiger partial charge in [0.25, 0.3) is 5.91 Å². The second kappa shape index (κ2) is 7.90. The van der Waals surface area contributed by atoms with E-state index in [1.807, 2.05) is 35.9 Å². The molecule has 0 N–H and O–H groups in total. The molecule has 1 atom stereocenters. The molecule has 2 aromatic carbocycles. The van der Waals surface area contributed by atoms with Gasteiger partial charge in [-0.15, -0.1) is 0 Å². The van der Waals surface area contributed by atoms with Crippen molar-refractivity contribution in [3.05, 3.63) is 47.3 Å². The highest BCUT2D eigenvalue weighted by Gasteiger charge is 2.38. The van der Waals surface area contributed by atoms with Crippen molar-refractivity contribution >= 4 is 60.2 Å². The molecule has 1 aliphatic heterocycles. The first kappa shape index (κ1) is 20.4. The van der Waals surface area contributed by atoms with Crippen molar-refractivity contribution in [2.45, 2.75) is 30.2 Å². The number of aromatic nitrogens is 3. The highest BCUT2D eigenvalue weighted by molar-refractivity contribution is 7.89. The van der Waals surface area contributed by atoms with E-state index in [9.17, 15) is 13.2 Å². The predicted octanol–water partition coefficient (Wildman–Crippen LogP) is 2.92. The van der Waals surface area contributed by atoms with Gasteiger partial charge >= 0.3 is 0 Å². The molecule has 1 fully saturated rings. The molecule has 0 aliphatic carbocycles. The average molecular weight is 474 g/mol. The van der Waals surface area contributed by atoms with Crippen LogP contribution in [0, 0.1) is 0 Å². The summed E-state index contributed by atoms with van der Waals surface area (Å²) < 4.78 is 39.6. The number of nitrogens with zero attached hydrogens (tertiary/aromatic N) is 5. The molecule has 0 bridgehead atoms. The number of piperidine rings is 1. The van der Waals surface area contributed by atoms with Crippen LogP contribution in [-0.2, 0) is 21.9 Å². The number of hydrogen-bond acceptors (Lipinski definition) is 7. The predicted molar refractivity (Wildman–Crippen MR) is 120 cm³/mol. The lowest BCUT2D eigenvalue weighted by Crippen LogP contribution is -2.47. The van der Waals surface area contributed by atoms with Gasteiger partial charge in [0.1, 0.15) is 22.0 Å². The lowest BCUT2D eigenvalue weighted by atomic mass is 10.0. The Morgan fingerprint density at radius 3 is 2.81 bits per heavy atom. The highest BCUT2D eigenvalue weighted by atomic mass is 32.2. The van der Waals surface area contributed by atoms with Crippen LogP contribution in [0.15, 0.2) is 52.4 Å². The van der Waals surface area contributed by atoms with Gasteiger partial charge in [0.05, 0.1) is 21.9 Å². The summed E-state index contributed by atoms with van der Waals surface area (Å²) in [5.74, 6) is -0.436. The Hall–Kier alpha value is -2.47. The number of rotatable bonds is 3. The van der Waals surface area contributed by atoms with Gasteiger partial charge in [0, 0.05) is 13.6 Å². The van der Waals surface area contributed by atoms with Crippen LogP contribution in [0.25, 0.3) is 21.3 Å². The van der Waals surface area contributed by atoms with E-state index in [4.69, 9.17) is 0 Å². The molecule has 11 heteroatoms. The number of fused-ring (bicyclic) bond motifs is 2. The molecule has 4 aromatic rings. The number of carbonyl (C=O) groups excluding carboxylic acids is 1. The molecule has 31 heavy (non-hydrogen) atoms.